The zero-order valence-corrected chi connectivity index (χ0v) is 12.3. The van der Waals surface area contributed by atoms with Gasteiger partial charge >= 0.3 is 0 Å². The van der Waals surface area contributed by atoms with Crippen molar-refractivity contribution < 1.29 is 14.8 Å². The molecule has 1 N–H and O–H groups in total. The van der Waals surface area contributed by atoms with Crippen molar-refractivity contribution in [3.05, 3.63) is 62.1 Å². The second-order valence-corrected chi connectivity index (χ2v) is 5.09. The Hall–Kier alpha value is -1.92. The van der Waals surface area contributed by atoms with Gasteiger partial charge in [0.25, 0.3) is 5.69 Å². The number of aliphatic hydroxyl groups is 1. The number of ether oxygens (including phenoxy) is 1. The fraction of sp³-hybridized carbons (Fsp3) is 0.143. The Kier molecular flexibility index (Phi) is 4.36. The minimum atomic E-state index is -0.434. The molecule has 0 spiro atoms. The van der Waals surface area contributed by atoms with Gasteiger partial charge in [0.1, 0.15) is 11.5 Å². The summed E-state index contributed by atoms with van der Waals surface area (Å²) in [6.07, 6.45) is 0. The minimum Gasteiger partial charge on any atom is -0.456 e. The van der Waals surface area contributed by atoms with Crippen LogP contribution in [0.15, 0.2) is 40.9 Å². The summed E-state index contributed by atoms with van der Waals surface area (Å²) >= 11 is 3.26. The van der Waals surface area contributed by atoms with Gasteiger partial charge in [-0.05, 0) is 46.6 Å². The normalized spacial score (nSPS) is 10.3. The molecule has 0 bridgehead atoms. The Labute approximate surface area is 124 Å². The number of aryl methyl sites for hydroxylation is 1. The first-order valence-electron chi connectivity index (χ1n) is 5.83. The van der Waals surface area contributed by atoms with Crippen molar-refractivity contribution in [1.82, 2.24) is 0 Å². The van der Waals surface area contributed by atoms with E-state index in [1.165, 1.54) is 6.07 Å². The Bertz CT molecular complexity index is 658. The summed E-state index contributed by atoms with van der Waals surface area (Å²) in [6, 6.07) is 10.0. The van der Waals surface area contributed by atoms with Crippen LogP contribution in [0.5, 0.6) is 11.5 Å². The van der Waals surface area contributed by atoms with Crippen LogP contribution >= 0.6 is 15.9 Å². The third kappa shape index (κ3) is 3.15. The lowest BCUT2D eigenvalue weighted by atomic mass is 10.2. The SMILES string of the molecule is Cc1cc(Oc2cccc(CO)c2)c(Br)cc1[N+](=O)[O-]. The topological polar surface area (TPSA) is 72.6 Å². The van der Waals surface area contributed by atoms with Crippen molar-refractivity contribution >= 4 is 21.6 Å². The first kappa shape index (κ1) is 14.5. The van der Waals surface area contributed by atoms with Crippen LogP contribution in [0.1, 0.15) is 11.1 Å². The number of hydrogen-bond acceptors (Lipinski definition) is 4. The fourth-order valence-electron chi connectivity index (χ4n) is 1.75. The molecule has 104 valence electrons. The molecule has 2 aromatic rings. The molecule has 0 unspecified atom stereocenters. The third-order valence-electron chi connectivity index (χ3n) is 2.76. The summed E-state index contributed by atoms with van der Waals surface area (Å²) in [7, 11) is 0. The highest BCUT2D eigenvalue weighted by Gasteiger charge is 2.15. The molecule has 2 aromatic carbocycles. The lowest BCUT2D eigenvalue weighted by Gasteiger charge is -2.10. The Morgan fingerprint density at radius 2 is 2.10 bits per heavy atom. The fourth-order valence-corrected chi connectivity index (χ4v) is 2.17. The van der Waals surface area contributed by atoms with Gasteiger partial charge in [-0.3, -0.25) is 10.1 Å². The van der Waals surface area contributed by atoms with Crippen LogP contribution in [-0.4, -0.2) is 10.0 Å². The average Bonchev–Trinajstić information content (AvgIpc) is 2.42. The van der Waals surface area contributed by atoms with Crippen molar-refractivity contribution in [3.63, 3.8) is 0 Å². The van der Waals surface area contributed by atoms with Gasteiger partial charge < -0.3 is 9.84 Å². The summed E-state index contributed by atoms with van der Waals surface area (Å²) in [5.74, 6) is 1.05. The van der Waals surface area contributed by atoms with Crippen LogP contribution in [-0.2, 0) is 6.61 Å². The molecule has 0 aliphatic carbocycles. The van der Waals surface area contributed by atoms with Crippen molar-refractivity contribution in [2.24, 2.45) is 0 Å². The summed E-state index contributed by atoms with van der Waals surface area (Å²) in [4.78, 5) is 10.4. The van der Waals surface area contributed by atoms with Gasteiger partial charge in [-0.1, -0.05) is 12.1 Å². The Morgan fingerprint density at radius 3 is 2.75 bits per heavy atom. The van der Waals surface area contributed by atoms with E-state index in [-0.39, 0.29) is 12.3 Å². The van der Waals surface area contributed by atoms with Crippen LogP contribution in [0.25, 0.3) is 0 Å². The summed E-state index contributed by atoms with van der Waals surface area (Å²) in [5, 5.41) is 19.9. The maximum atomic E-state index is 10.8. The number of benzene rings is 2. The van der Waals surface area contributed by atoms with E-state index in [1.807, 2.05) is 0 Å². The van der Waals surface area contributed by atoms with Crippen LogP contribution in [0.4, 0.5) is 5.69 Å². The Balaban J connectivity index is 2.34. The van der Waals surface area contributed by atoms with Gasteiger partial charge in [0.15, 0.2) is 0 Å². The van der Waals surface area contributed by atoms with Crippen molar-refractivity contribution in [1.29, 1.82) is 0 Å². The smallest absolute Gasteiger partial charge is 0.273 e. The zero-order valence-electron chi connectivity index (χ0n) is 10.7. The van der Waals surface area contributed by atoms with Crippen molar-refractivity contribution in [2.45, 2.75) is 13.5 Å². The van der Waals surface area contributed by atoms with Crippen LogP contribution < -0.4 is 4.74 Å². The highest BCUT2D eigenvalue weighted by atomic mass is 79.9. The van der Waals surface area contributed by atoms with Gasteiger partial charge in [0.2, 0.25) is 0 Å². The standard InChI is InChI=1S/C14H12BrNO4/c1-9-5-14(12(15)7-13(9)16(18)19)20-11-4-2-3-10(6-11)8-17/h2-7,17H,8H2,1H3. The summed E-state index contributed by atoms with van der Waals surface area (Å²) < 4.78 is 6.19. The van der Waals surface area contributed by atoms with E-state index in [0.717, 1.165) is 5.56 Å². The minimum absolute atomic E-state index is 0.0355. The Morgan fingerprint density at radius 1 is 1.35 bits per heavy atom. The summed E-state index contributed by atoms with van der Waals surface area (Å²) in [6.45, 7) is 1.58. The molecular weight excluding hydrogens is 326 g/mol. The third-order valence-corrected chi connectivity index (χ3v) is 3.38. The molecule has 0 atom stereocenters. The molecule has 0 radical (unpaired) electrons. The average molecular weight is 338 g/mol. The maximum absolute atomic E-state index is 10.8. The van der Waals surface area contributed by atoms with Gasteiger partial charge in [0, 0.05) is 11.6 Å². The molecule has 0 fully saturated rings. The molecule has 6 heteroatoms. The van der Waals surface area contributed by atoms with E-state index in [0.29, 0.717) is 21.5 Å². The number of rotatable bonds is 4. The molecule has 0 saturated carbocycles. The van der Waals surface area contributed by atoms with E-state index in [9.17, 15) is 10.1 Å². The highest BCUT2D eigenvalue weighted by Crippen LogP contribution is 2.35. The molecular formula is C14H12BrNO4. The van der Waals surface area contributed by atoms with Gasteiger partial charge in [0.05, 0.1) is 16.0 Å². The molecule has 20 heavy (non-hydrogen) atoms. The number of nitro benzene ring substituents is 1. The monoisotopic (exact) mass is 337 g/mol. The first-order chi connectivity index (χ1) is 9.51. The van der Waals surface area contributed by atoms with Gasteiger partial charge in [-0.15, -0.1) is 0 Å². The van der Waals surface area contributed by atoms with E-state index < -0.39 is 4.92 Å². The lowest BCUT2D eigenvalue weighted by Crippen LogP contribution is -1.94. The zero-order chi connectivity index (χ0) is 14.7. The van der Waals surface area contributed by atoms with E-state index in [1.54, 1.807) is 37.3 Å². The van der Waals surface area contributed by atoms with Crippen LogP contribution in [0.2, 0.25) is 0 Å². The largest absolute Gasteiger partial charge is 0.456 e. The van der Waals surface area contributed by atoms with Crippen LogP contribution in [0.3, 0.4) is 0 Å². The predicted molar refractivity (Wildman–Crippen MR) is 78.0 cm³/mol. The number of halogens is 1. The highest BCUT2D eigenvalue weighted by molar-refractivity contribution is 9.10. The van der Waals surface area contributed by atoms with E-state index in [4.69, 9.17) is 9.84 Å². The molecule has 5 nitrogen and oxygen atoms in total. The van der Waals surface area contributed by atoms with Gasteiger partial charge in [-0.2, -0.15) is 0 Å². The van der Waals surface area contributed by atoms with E-state index >= 15 is 0 Å². The van der Waals surface area contributed by atoms with Crippen LogP contribution in [0, 0.1) is 17.0 Å². The first-order valence-corrected chi connectivity index (χ1v) is 6.62. The van der Waals surface area contributed by atoms with Gasteiger partial charge in [-0.25, -0.2) is 0 Å². The van der Waals surface area contributed by atoms with Crippen molar-refractivity contribution in [3.8, 4) is 11.5 Å². The molecule has 0 aliphatic rings. The molecule has 0 aromatic heterocycles. The summed E-state index contributed by atoms with van der Waals surface area (Å²) in [5.41, 5.74) is 1.29. The quantitative estimate of drug-likeness (QED) is 0.677. The molecule has 0 aliphatic heterocycles. The molecule has 0 amide bonds. The number of aliphatic hydroxyl groups excluding tert-OH is 1. The number of hydrogen-bond donors (Lipinski definition) is 1. The molecule has 2 rings (SSSR count). The molecule has 0 saturated heterocycles. The second kappa shape index (κ2) is 6.02. The maximum Gasteiger partial charge on any atom is 0.273 e. The predicted octanol–water partition coefficient (Wildman–Crippen LogP) is 3.95. The number of nitro groups is 1. The van der Waals surface area contributed by atoms with E-state index in [2.05, 4.69) is 15.9 Å². The lowest BCUT2D eigenvalue weighted by molar-refractivity contribution is -0.385. The molecule has 0 heterocycles. The van der Waals surface area contributed by atoms with Crippen molar-refractivity contribution in [2.75, 3.05) is 0 Å². The second-order valence-electron chi connectivity index (χ2n) is 4.23. The number of nitrogens with zero attached hydrogens (tertiary/aromatic N) is 1.